The number of hydrogen-bond acceptors (Lipinski definition) is 4. The van der Waals surface area contributed by atoms with Crippen molar-refractivity contribution >= 4 is 11.3 Å². The van der Waals surface area contributed by atoms with Crippen LogP contribution in [0.25, 0.3) is 0 Å². The molecule has 0 aliphatic carbocycles. The summed E-state index contributed by atoms with van der Waals surface area (Å²) in [6, 6.07) is 0. The van der Waals surface area contributed by atoms with Gasteiger partial charge in [-0.1, -0.05) is 13.8 Å². The van der Waals surface area contributed by atoms with Crippen LogP contribution in [0.5, 0.6) is 0 Å². The van der Waals surface area contributed by atoms with E-state index >= 15 is 0 Å². The second-order valence-corrected chi connectivity index (χ2v) is 4.89. The summed E-state index contributed by atoms with van der Waals surface area (Å²) in [6.07, 6.45) is 1.01. The molecule has 0 saturated carbocycles. The van der Waals surface area contributed by atoms with Crippen LogP contribution < -0.4 is 11.1 Å². The van der Waals surface area contributed by atoms with Gasteiger partial charge >= 0.3 is 0 Å². The summed E-state index contributed by atoms with van der Waals surface area (Å²) in [5.41, 5.74) is 8.76. The normalized spacial score (nSPS) is 13.3. The first-order valence-electron chi connectivity index (χ1n) is 5.52. The van der Waals surface area contributed by atoms with Crippen molar-refractivity contribution in [2.24, 2.45) is 17.6 Å². The van der Waals surface area contributed by atoms with Crippen LogP contribution >= 0.6 is 11.3 Å². The first-order valence-corrected chi connectivity index (χ1v) is 6.46. The molecule has 86 valence electrons. The SMILES string of the molecule is CC(C)C(CN)CNCCc1cscn1. The molecule has 1 unspecified atom stereocenters. The molecule has 1 heterocycles. The molecule has 3 N–H and O–H groups in total. The molecule has 4 heteroatoms. The topological polar surface area (TPSA) is 50.9 Å². The van der Waals surface area contributed by atoms with Crippen LogP contribution in [0.2, 0.25) is 0 Å². The Hall–Kier alpha value is -0.450. The number of aromatic nitrogens is 1. The summed E-state index contributed by atoms with van der Waals surface area (Å²) < 4.78 is 0. The van der Waals surface area contributed by atoms with E-state index in [0.29, 0.717) is 11.8 Å². The van der Waals surface area contributed by atoms with Gasteiger partial charge < -0.3 is 11.1 Å². The van der Waals surface area contributed by atoms with Crippen molar-refractivity contribution in [1.29, 1.82) is 0 Å². The van der Waals surface area contributed by atoms with Crippen molar-refractivity contribution in [2.75, 3.05) is 19.6 Å². The Morgan fingerprint density at radius 3 is 2.87 bits per heavy atom. The Kier molecular flexibility index (Phi) is 5.83. The number of nitrogens with two attached hydrogens (primary N) is 1. The lowest BCUT2D eigenvalue weighted by molar-refractivity contribution is 0.372. The Morgan fingerprint density at radius 1 is 1.53 bits per heavy atom. The van der Waals surface area contributed by atoms with Crippen LogP contribution in [-0.2, 0) is 6.42 Å². The van der Waals surface area contributed by atoms with E-state index in [1.807, 2.05) is 5.51 Å². The molecular weight excluding hydrogens is 206 g/mol. The highest BCUT2D eigenvalue weighted by molar-refractivity contribution is 7.07. The van der Waals surface area contributed by atoms with E-state index in [4.69, 9.17) is 5.73 Å². The van der Waals surface area contributed by atoms with E-state index in [1.165, 1.54) is 5.69 Å². The van der Waals surface area contributed by atoms with Gasteiger partial charge in [0.25, 0.3) is 0 Å². The van der Waals surface area contributed by atoms with E-state index in [-0.39, 0.29) is 0 Å². The van der Waals surface area contributed by atoms with Crippen molar-refractivity contribution in [1.82, 2.24) is 10.3 Å². The molecule has 0 radical (unpaired) electrons. The molecule has 15 heavy (non-hydrogen) atoms. The van der Waals surface area contributed by atoms with E-state index in [9.17, 15) is 0 Å². The summed E-state index contributed by atoms with van der Waals surface area (Å²) in [5.74, 6) is 1.24. The average Bonchev–Trinajstić information content (AvgIpc) is 2.70. The van der Waals surface area contributed by atoms with Gasteiger partial charge in [0.1, 0.15) is 0 Å². The largest absolute Gasteiger partial charge is 0.330 e. The number of nitrogens with zero attached hydrogens (tertiary/aromatic N) is 1. The molecule has 1 aromatic rings. The maximum absolute atomic E-state index is 5.70. The predicted octanol–water partition coefficient (Wildman–Crippen LogP) is 1.51. The fraction of sp³-hybridized carbons (Fsp3) is 0.727. The fourth-order valence-corrected chi connectivity index (χ4v) is 2.05. The van der Waals surface area contributed by atoms with Crippen molar-refractivity contribution in [3.05, 3.63) is 16.6 Å². The standard InChI is InChI=1S/C11H21N3S/c1-9(2)10(5-12)6-13-4-3-11-7-15-8-14-11/h7-10,13H,3-6,12H2,1-2H3. The monoisotopic (exact) mass is 227 g/mol. The maximum Gasteiger partial charge on any atom is 0.0794 e. The lowest BCUT2D eigenvalue weighted by Gasteiger charge is -2.19. The summed E-state index contributed by atoms with van der Waals surface area (Å²) in [6.45, 7) is 7.21. The molecule has 0 fully saturated rings. The van der Waals surface area contributed by atoms with Crippen molar-refractivity contribution in [3.63, 3.8) is 0 Å². The number of thiazole rings is 1. The van der Waals surface area contributed by atoms with E-state index in [2.05, 4.69) is 29.5 Å². The molecule has 1 rings (SSSR count). The number of rotatable bonds is 7. The molecule has 0 aliphatic heterocycles. The fourth-order valence-electron chi connectivity index (χ4n) is 1.46. The smallest absolute Gasteiger partial charge is 0.0794 e. The van der Waals surface area contributed by atoms with E-state index in [1.54, 1.807) is 11.3 Å². The third kappa shape index (κ3) is 4.73. The van der Waals surface area contributed by atoms with Crippen LogP contribution in [-0.4, -0.2) is 24.6 Å². The predicted molar refractivity (Wildman–Crippen MR) is 66.1 cm³/mol. The van der Waals surface area contributed by atoms with Crippen LogP contribution in [0.3, 0.4) is 0 Å². The number of nitrogens with one attached hydrogen (secondary N) is 1. The minimum Gasteiger partial charge on any atom is -0.330 e. The quantitative estimate of drug-likeness (QED) is 0.694. The van der Waals surface area contributed by atoms with Crippen molar-refractivity contribution in [3.8, 4) is 0 Å². The number of hydrogen-bond donors (Lipinski definition) is 2. The second kappa shape index (κ2) is 6.93. The van der Waals surface area contributed by atoms with Crippen LogP contribution in [0.1, 0.15) is 19.5 Å². The molecule has 1 aromatic heterocycles. The lowest BCUT2D eigenvalue weighted by Crippen LogP contribution is -2.32. The third-order valence-corrected chi connectivity index (χ3v) is 3.33. The highest BCUT2D eigenvalue weighted by Crippen LogP contribution is 2.07. The van der Waals surface area contributed by atoms with Crippen molar-refractivity contribution < 1.29 is 0 Å². The molecule has 1 atom stereocenters. The zero-order valence-electron chi connectivity index (χ0n) is 9.57. The van der Waals surface area contributed by atoms with Gasteiger partial charge in [-0.3, -0.25) is 0 Å². The van der Waals surface area contributed by atoms with E-state index < -0.39 is 0 Å². The molecule has 0 bridgehead atoms. The molecule has 0 aromatic carbocycles. The van der Waals surface area contributed by atoms with Gasteiger partial charge in [0.15, 0.2) is 0 Å². The third-order valence-electron chi connectivity index (χ3n) is 2.69. The molecule has 0 saturated heterocycles. The van der Waals surface area contributed by atoms with Gasteiger partial charge in [-0.15, -0.1) is 11.3 Å². The molecule has 0 aliphatic rings. The second-order valence-electron chi connectivity index (χ2n) is 4.17. The minimum atomic E-state index is 0.584. The van der Waals surface area contributed by atoms with Gasteiger partial charge in [0.2, 0.25) is 0 Å². The first kappa shape index (κ1) is 12.6. The minimum absolute atomic E-state index is 0.584. The summed E-state index contributed by atoms with van der Waals surface area (Å²) >= 11 is 1.65. The first-order chi connectivity index (χ1) is 7.24. The highest BCUT2D eigenvalue weighted by atomic mass is 32.1. The molecule has 0 amide bonds. The molecular formula is C11H21N3S. The van der Waals surface area contributed by atoms with Gasteiger partial charge in [0, 0.05) is 18.3 Å². The Balaban J connectivity index is 2.10. The summed E-state index contributed by atoms with van der Waals surface area (Å²) in [5, 5.41) is 5.54. The Bertz CT molecular complexity index is 246. The van der Waals surface area contributed by atoms with Gasteiger partial charge in [0.05, 0.1) is 11.2 Å². The molecule has 3 nitrogen and oxygen atoms in total. The Labute approximate surface area is 96.1 Å². The van der Waals surface area contributed by atoms with Crippen LogP contribution in [0.4, 0.5) is 0 Å². The lowest BCUT2D eigenvalue weighted by atomic mass is 9.96. The van der Waals surface area contributed by atoms with Gasteiger partial charge in [-0.2, -0.15) is 0 Å². The van der Waals surface area contributed by atoms with E-state index in [0.717, 1.165) is 26.1 Å². The zero-order valence-corrected chi connectivity index (χ0v) is 10.4. The van der Waals surface area contributed by atoms with Gasteiger partial charge in [-0.25, -0.2) is 4.98 Å². The zero-order chi connectivity index (χ0) is 11.1. The van der Waals surface area contributed by atoms with Crippen LogP contribution in [0.15, 0.2) is 10.9 Å². The average molecular weight is 227 g/mol. The summed E-state index contributed by atoms with van der Waals surface area (Å²) in [4.78, 5) is 4.24. The Morgan fingerprint density at radius 2 is 2.33 bits per heavy atom. The maximum atomic E-state index is 5.70. The van der Waals surface area contributed by atoms with Crippen molar-refractivity contribution in [2.45, 2.75) is 20.3 Å². The molecule has 0 spiro atoms. The highest BCUT2D eigenvalue weighted by Gasteiger charge is 2.10. The van der Waals surface area contributed by atoms with Gasteiger partial charge in [-0.05, 0) is 24.9 Å². The van der Waals surface area contributed by atoms with Crippen LogP contribution in [0, 0.1) is 11.8 Å². The summed E-state index contributed by atoms with van der Waals surface area (Å²) in [7, 11) is 0.